The van der Waals surface area contributed by atoms with Crippen molar-refractivity contribution in [3.63, 3.8) is 0 Å². The third-order valence-corrected chi connectivity index (χ3v) is 5.72. The van der Waals surface area contributed by atoms with Crippen LogP contribution in [0.2, 0.25) is 0 Å². The van der Waals surface area contributed by atoms with Gasteiger partial charge in [0.15, 0.2) is 0 Å². The predicted octanol–water partition coefficient (Wildman–Crippen LogP) is 4.72. The molecule has 4 heterocycles. The first-order chi connectivity index (χ1) is 15.7. The maximum atomic E-state index is 6.10. The lowest BCUT2D eigenvalue weighted by Crippen LogP contribution is -2.38. The fourth-order valence-corrected chi connectivity index (χ4v) is 4.28. The van der Waals surface area contributed by atoms with Gasteiger partial charge in [-0.25, -0.2) is 15.0 Å². The van der Waals surface area contributed by atoms with E-state index in [-0.39, 0.29) is 6.10 Å². The number of ether oxygens (including phenoxy) is 1. The van der Waals surface area contributed by atoms with E-state index in [1.54, 1.807) is 6.20 Å². The summed E-state index contributed by atoms with van der Waals surface area (Å²) < 4.78 is 8.44. The molecule has 32 heavy (non-hydrogen) atoms. The molecule has 0 radical (unpaired) electrons. The van der Waals surface area contributed by atoms with Gasteiger partial charge < -0.3 is 14.6 Å². The van der Waals surface area contributed by atoms with Crippen LogP contribution in [0.1, 0.15) is 37.5 Å². The monoisotopic (exact) mass is 428 g/mol. The molecule has 0 saturated carbocycles. The molecule has 4 aromatic rings. The quantitative estimate of drug-likeness (QED) is 0.479. The van der Waals surface area contributed by atoms with Gasteiger partial charge in [0.25, 0.3) is 0 Å². The summed E-state index contributed by atoms with van der Waals surface area (Å²) in [6, 6.07) is 20.5. The van der Waals surface area contributed by atoms with Crippen molar-refractivity contribution in [1.29, 1.82) is 0 Å². The molecule has 0 spiro atoms. The van der Waals surface area contributed by atoms with Gasteiger partial charge in [-0.1, -0.05) is 24.3 Å². The molecular formula is C25H28N6O. The second-order valence-corrected chi connectivity index (χ2v) is 8.36. The van der Waals surface area contributed by atoms with Crippen molar-refractivity contribution in [2.75, 3.05) is 25.0 Å². The molecule has 7 nitrogen and oxygen atoms in total. The van der Waals surface area contributed by atoms with Crippen molar-refractivity contribution in [2.45, 2.75) is 32.5 Å². The molecule has 0 aliphatic carbocycles. The molecule has 5 rings (SSSR count). The number of imidazole rings is 1. The fourth-order valence-electron chi connectivity index (χ4n) is 4.28. The van der Waals surface area contributed by atoms with Crippen LogP contribution in [0.25, 0.3) is 11.0 Å². The highest BCUT2D eigenvalue weighted by atomic mass is 16.5. The Morgan fingerprint density at radius 1 is 1.00 bits per heavy atom. The first kappa shape index (κ1) is 20.6. The molecule has 7 heteroatoms. The maximum Gasteiger partial charge on any atom is 0.131 e. The normalized spacial score (nSPS) is 17.2. The van der Waals surface area contributed by atoms with Gasteiger partial charge >= 0.3 is 0 Å². The lowest BCUT2D eigenvalue weighted by molar-refractivity contribution is -0.0359. The van der Waals surface area contributed by atoms with E-state index < -0.39 is 0 Å². The molecule has 1 N–H and O–H groups in total. The van der Waals surface area contributed by atoms with Gasteiger partial charge in [0.2, 0.25) is 0 Å². The highest BCUT2D eigenvalue weighted by Gasteiger charge is 2.25. The van der Waals surface area contributed by atoms with Gasteiger partial charge in [0, 0.05) is 25.3 Å². The van der Waals surface area contributed by atoms with Gasteiger partial charge in [-0.3, -0.25) is 4.90 Å². The van der Waals surface area contributed by atoms with Gasteiger partial charge in [-0.05, 0) is 50.2 Å². The van der Waals surface area contributed by atoms with Gasteiger partial charge in [-0.15, -0.1) is 0 Å². The molecule has 0 amide bonds. The van der Waals surface area contributed by atoms with E-state index in [1.807, 2.05) is 42.5 Å². The smallest absolute Gasteiger partial charge is 0.131 e. The number of fused-ring (bicyclic) bond motifs is 1. The Bertz CT molecular complexity index is 1190. The van der Waals surface area contributed by atoms with Crippen LogP contribution in [0.4, 0.5) is 11.6 Å². The highest BCUT2D eigenvalue weighted by Crippen LogP contribution is 2.26. The van der Waals surface area contributed by atoms with Crippen LogP contribution >= 0.6 is 0 Å². The summed E-state index contributed by atoms with van der Waals surface area (Å²) in [5, 5.41) is 3.26. The zero-order chi connectivity index (χ0) is 21.9. The van der Waals surface area contributed by atoms with Crippen molar-refractivity contribution in [2.24, 2.45) is 0 Å². The van der Waals surface area contributed by atoms with Crippen LogP contribution in [0.15, 0.2) is 66.9 Å². The number of rotatable bonds is 6. The van der Waals surface area contributed by atoms with Crippen LogP contribution in [0, 0.1) is 0 Å². The Labute approximate surface area is 188 Å². The topological polar surface area (TPSA) is 68.1 Å². The second-order valence-electron chi connectivity index (χ2n) is 8.36. The molecule has 1 aliphatic heterocycles. The fraction of sp³-hybridized carbons (Fsp3) is 0.320. The van der Waals surface area contributed by atoms with Gasteiger partial charge in [0.05, 0.1) is 29.9 Å². The molecule has 1 saturated heterocycles. The number of anilines is 2. The lowest BCUT2D eigenvalue weighted by Gasteiger charge is -2.32. The van der Waals surface area contributed by atoms with Crippen molar-refractivity contribution in [3.8, 4) is 0 Å². The average Bonchev–Trinajstić information content (AvgIpc) is 3.18. The molecule has 1 aromatic carbocycles. The number of nitrogens with one attached hydrogen (secondary N) is 1. The number of morpholine rings is 1. The summed E-state index contributed by atoms with van der Waals surface area (Å²) in [4.78, 5) is 16.5. The zero-order valence-corrected chi connectivity index (χ0v) is 18.5. The molecule has 1 fully saturated rings. The largest absolute Gasteiger partial charge is 0.369 e. The van der Waals surface area contributed by atoms with Gasteiger partial charge in [0.1, 0.15) is 23.6 Å². The molecule has 164 valence electrons. The number of para-hydroxylation sites is 2. The number of pyridine rings is 2. The lowest BCUT2D eigenvalue weighted by atomic mass is 10.2. The summed E-state index contributed by atoms with van der Waals surface area (Å²) in [6.07, 6.45) is 1.69. The zero-order valence-electron chi connectivity index (χ0n) is 18.5. The van der Waals surface area contributed by atoms with Crippen molar-refractivity contribution >= 4 is 22.7 Å². The van der Waals surface area contributed by atoms with Crippen molar-refractivity contribution in [3.05, 3.63) is 78.4 Å². The molecule has 3 aromatic heterocycles. The number of hydrogen-bond acceptors (Lipinski definition) is 6. The summed E-state index contributed by atoms with van der Waals surface area (Å²) in [6.45, 7) is 7.54. The minimum Gasteiger partial charge on any atom is -0.369 e. The SMILES string of the molecule is CC(C)n1c(CN2CCOC(c3cccc(Nc4ccccn4)n3)C2)nc2ccccc21. The molecule has 1 atom stereocenters. The van der Waals surface area contributed by atoms with Crippen molar-refractivity contribution in [1.82, 2.24) is 24.4 Å². The van der Waals surface area contributed by atoms with E-state index in [4.69, 9.17) is 14.7 Å². The van der Waals surface area contributed by atoms with Crippen LogP contribution in [0.5, 0.6) is 0 Å². The molecule has 0 bridgehead atoms. The van der Waals surface area contributed by atoms with E-state index in [9.17, 15) is 0 Å². The Hall–Kier alpha value is -3.29. The van der Waals surface area contributed by atoms with Crippen LogP contribution < -0.4 is 5.32 Å². The minimum atomic E-state index is -0.0777. The maximum absolute atomic E-state index is 6.10. The van der Waals surface area contributed by atoms with Crippen LogP contribution in [-0.4, -0.2) is 44.1 Å². The second kappa shape index (κ2) is 9.06. The number of aromatic nitrogens is 4. The van der Waals surface area contributed by atoms with Gasteiger partial charge in [-0.2, -0.15) is 0 Å². The highest BCUT2D eigenvalue weighted by molar-refractivity contribution is 5.76. The first-order valence-corrected chi connectivity index (χ1v) is 11.1. The first-order valence-electron chi connectivity index (χ1n) is 11.1. The minimum absolute atomic E-state index is 0.0777. The number of benzene rings is 1. The Kier molecular flexibility index (Phi) is 5.83. The van der Waals surface area contributed by atoms with E-state index >= 15 is 0 Å². The summed E-state index contributed by atoms with van der Waals surface area (Å²) in [5.41, 5.74) is 3.17. The van der Waals surface area contributed by atoms with E-state index in [1.165, 1.54) is 5.52 Å². The van der Waals surface area contributed by atoms with E-state index in [0.29, 0.717) is 12.6 Å². The summed E-state index contributed by atoms with van der Waals surface area (Å²) in [7, 11) is 0. The molecule has 1 aliphatic rings. The molecule has 1 unspecified atom stereocenters. The number of hydrogen-bond donors (Lipinski definition) is 1. The van der Waals surface area contributed by atoms with E-state index in [0.717, 1.165) is 48.3 Å². The summed E-state index contributed by atoms with van der Waals surface area (Å²) >= 11 is 0. The standard InChI is InChI=1S/C25H28N6O/c1-18(2)31-21-10-4-3-8-19(21)28-25(31)17-30-14-15-32-22(16-30)20-9-7-12-24(27-20)29-23-11-5-6-13-26-23/h3-13,18,22H,14-17H2,1-2H3,(H,26,27,29). The Morgan fingerprint density at radius 3 is 2.69 bits per heavy atom. The predicted molar refractivity (Wildman–Crippen MR) is 126 cm³/mol. The third kappa shape index (κ3) is 4.35. The van der Waals surface area contributed by atoms with Crippen LogP contribution in [-0.2, 0) is 11.3 Å². The number of nitrogens with zero attached hydrogens (tertiary/aromatic N) is 5. The van der Waals surface area contributed by atoms with E-state index in [2.05, 4.69) is 51.8 Å². The Balaban J connectivity index is 1.33. The van der Waals surface area contributed by atoms with Crippen LogP contribution in [0.3, 0.4) is 0 Å². The van der Waals surface area contributed by atoms with Crippen molar-refractivity contribution < 1.29 is 4.74 Å². The summed E-state index contributed by atoms with van der Waals surface area (Å²) in [5.74, 6) is 2.64. The average molecular weight is 429 g/mol. The molecular weight excluding hydrogens is 400 g/mol. The Morgan fingerprint density at radius 2 is 1.84 bits per heavy atom. The third-order valence-electron chi connectivity index (χ3n) is 5.72.